The Kier molecular flexibility index (Phi) is 10.1. The van der Waals surface area contributed by atoms with Crippen LogP contribution in [-0.2, 0) is 47.2 Å². The molecule has 15 nitrogen and oxygen atoms in total. The van der Waals surface area contributed by atoms with Crippen LogP contribution in [0.15, 0.2) is 36.4 Å². The van der Waals surface area contributed by atoms with Crippen molar-refractivity contribution in [3.05, 3.63) is 47.5 Å². The maximum Gasteiger partial charge on any atom is 0.410 e. The second kappa shape index (κ2) is 13.7. The van der Waals surface area contributed by atoms with E-state index in [2.05, 4.69) is 10.6 Å². The van der Waals surface area contributed by atoms with E-state index in [0.29, 0.717) is 25.9 Å². The molecular formula is C32H44N6O9S. The van der Waals surface area contributed by atoms with Gasteiger partial charge in [0.1, 0.15) is 29.3 Å². The van der Waals surface area contributed by atoms with Crippen molar-refractivity contribution in [2.75, 3.05) is 6.54 Å². The predicted molar refractivity (Wildman–Crippen MR) is 172 cm³/mol. The van der Waals surface area contributed by atoms with Gasteiger partial charge in [-0.05, 0) is 57.6 Å². The molecule has 48 heavy (non-hydrogen) atoms. The van der Waals surface area contributed by atoms with Gasteiger partial charge in [0.2, 0.25) is 11.8 Å². The summed E-state index contributed by atoms with van der Waals surface area (Å²) in [6.07, 6.45) is 4.38. The number of rotatable bonds is 4. The SMILES string of the molecule is CC(C)(C)OC(=O)N[C@H]1CCCCC/C=C/[C@@H]2C[C@@]2(C(=O)NS(N)(=O)=O)NC(=O)[C@@H]2C[C@@H](OC(=O)N3Cc4ccccc4C3)CN2C1=O. The van der Waals surface area contributed by atoms with E-state index >= 15 is 0 Å². The molecule has 1 aliphatic carbocycles. The van der Waals surface area contributed by atoms with Crippen LogP contribution in [0.1, 0.15) is 76.8 Å². The molecule has 2 fully saturated rings. The van der Waals surface area contributed by atoms with Gasteiger partial charge in [0, 0.05) is 25.4 Å². The number of nitrogens with one attached hydrogen (secondary N) is 3. The summed E-state index contributed by atoms with van der Waals surface area (Å²) in [5, 5.41) is 10.4. The summed E-state index contributed by atoms with van der Waals surface area (Å²) in [6.45, 7) is 5.66. The number of amides is 5. The van der Waals surface area contributed by atoms with Crippen molar-refractivity contribution in [1.29, 1.82) is 0 Å². The Morgan fingerprint density at radius 3 is 2.40 bits per heavy atom. The third-order valence-electron chi connectivity index (χ3n) is 8.94. The van der Waals surface area contributed by atoms with Crippen LogP contribution in [0.3, 0.4) is 0 Å². The van der Waals surface area contributed by atoms with Gasteiger partial charge in [0.05, 0.1) is 6.54 Å². The van der Waals surface area contributed by atoms with Gasteiger partial charge in [0.25, 0.3) is 16.1 Å². The number of carbonyl (C=O) groups is 5. The lowest BCUT2D eigenvalue weighted by Gasteiger charge is -2.30. The van der Waals surface area contributed by atoms with Gasteiger partial charge < -0.3 is 25.0 Å². The minimum atomic E-state index is -4.43. The van der Waals surface area contributed by atoms with Gasteiger partial charge >= 0.3 is 12.2 Å². The molecule has 5 amide bonds. The minimum absolute atomic E-state index is 0.0867. The summed E-state index contributed by atoms with van der Waals surface area (Å²) in [5.74, 6) is -2.81. The molecule has 4 aliphatic rings. The highest BCUT2D eigenvalue weighted by molar-refractivity contribution is 7.87. The molecule has 0 bridgehead atoms. The quantitative estimate of drug-likeness (QED) is 0.339. The van der Waals surface area contributed by atoms with Crippen molar-refractivity contribution >= 4 is 40.1 Å². The Hall–Kier alpha value is -4.18. The molecule has 0 radical (unpaired) electrons. The monoisotopic (exact) mass is 688 g/mol. The van der Waals surface area contributed by atoms with E-state index in [-0.39, 0.29) is 25.8 Å². The number of fused-ring (bicyclic) bond motifs is 3. The predicted octanol–water partition coefficient (Wildman–Crippen LogP) is 1.72. The number of nitrogens with zero attached hydrogens (tertiary/aromatic N) is 2. The highest BCUT2D eigenvalue weighted by Crippen LogP contribution is 2.45. The lowest BCUT2D eigenvalue weighted by Crippen LogP contribution is -2.58. The van der Waals surface area contributed by atoms with Gasteiger partial charge in [-0.25, -0.2) is 19.5 Å². The van der Waals surface area contributed by atoms with Gasteiger partial charge in [-0.15, -0.1) is 0 Å². The van der Waals surface area contributed by atoms with Crippen molar-refractivity contribution in [2.45, 2.75) is 108 Å². The third-order valence-corrected chi connectivity index (χ3v) is 9.41. The number of ether oxygens (including phenoxy) is 2. The topological polar surface area (TPSA) is 207 Å². The molecule has 1 aromatic carbocycles. The smallest absolute Gasteiger partial charge is 0.410 e. The maximum atomic E-state index is 14.2. The Bertz CT molecular complexity index is 1570. The fourth-order valence-electron chi connectivity index (χ4n) is 6.51. The highest BCUT2D eigenvalue weighted by atomic mass is 32.2. The molecular weight excluding hydrogens is 644 g/mol. The normalized spacial score (nSPS) is 28.4. The summed E-state index contributed by atoms with van der Waals surface area (Å²) in [6, 6.07) is 5.38. The minimum Gasteiger partial charge on any atom is -0.444 e. The molecule has 0 aromatic heterocycles. The summed E-state index contributed by atoms with van der Waals surface area (Å²) < 4.78 is 36.5. The zero-order valence-electron chi connectivity index (χ0n) is 27.4. The maximum absolute atomic E-state index is 14.2. The van der Waals surface area contributed by atoms with E-state index < -0.39 is 75.4 Å². The number of carbonyl (C=O) groups excluding carboxylic acids is 5. The van der Waals surface area contributed by atoms with E-state index in [1.54, 1.807) is 31.6 Å². The van der Waals surface area contributed by atoms with Crippen molar-refractivity contribution < 1.29 is 41.9 Å². The Balaban J connectivity index is 1.40. The molecule has 262 valence electrons. The van der Waals surface area contributed by atoms with Crippen molar-refractivity contribution in [3.63, 3.8) is 0 Å². The van der Waals surface area contributed by atoms with Gasteiger partial charge in [0.15, 0.2) is 0 Å². The van der Waals surface area contributed by atoms with Crippen LogP contribution in [0.25, 0.3) is 0 Å². The van der Waals surface area contributed by atoms with Crippen LogP contribution in [0.5, 0.6) is 0 Å². The van der Waals surface area contributed by atoms with E-state index in [1.165, 1.54) is 9.80 Å². The Morgan fingerprint density at radius 1 is 1.06 bits per heavy atom. The summed E-state index contributed by atoms with van der Waals surface area (Å²) in [4.78, 5) is 70.2. The molecule has 0 spiro atoms. The van der Waals surface area contributed by atoms with Crippen LogP contribution in [0.2, 0.25) is 0 Å². The Morgan fingerprint density at radius 2 is 1.75 bits per heavy atom. The molecule has 5 rings (SSSR count). The average molecular weight is 689 g/mol. The van der Waals surface area contributed by atoms with E-state index in [0.717, 1.165) is 24.0 Å². The molecule has 5 N–H and O–H groups in total. The number of alkyl carbamates (subject to hydrolysis) is 1. The Labute approximate surface area is 280 Å². The summed E-state index contributed by atoms with van der Waals surface area (Å²) in [7, 11) is -4.43. The van der Waals surface area contributed by atoms with Gasteiger partial charge in [-0.1, -0.05) is 49.3 Å². The van der Waals surface area contributed by atoms with Crippen molar-refractivity contribution in [3.8, 4) is 0 Å². The summed E-state index contributed by atoms with van der Waals surface area (Å²) in [5.41, 5.74) is -0.444. The van der Waals surface area contributed by atoms with Crippen LogP contribution < -0.4 is 20.5 Å². The van der Waals surface area contributed by atoms with Crippen LogP contribution in [-0.4, -0.2) is 84.0 Å². The summed E-state index contributed by atoms with van der Waals surface area (Å²) >= 11 is 0. The molecule has 1 aromatic rings. The van der Waals surface area contributed by atoms with Gasteiger partial charge in [-0.2, -0.15) is 8.42 Å². The first-order chi connectivity index (χ1) is 22.5. The number of allylic oxidation sites excluding steroid dienone is 1. The number of benzene rings is 1. The van der Waals surface area contributed by atoms with E-state index in [4.69, 9.17) is 14.6 Å². The molecule has 3 aliphatic heterocycles. The van der Waals surface area contributed by atoms with E-state index in [9.17, 15) is 32.4 Å². The van der Waals surface area contributed by atoms with Crippen molar-refractivity contribution in [1.82, 2.24) is 25.2 Å². The van der Waals surface area contributed by atoms with Crippen LogP contribution in [0, 0.1) is 5.92 Å². The molecule has 5 atom stereocenters. The highest BCUT2D eigenvalue weighted by Gasteiger charge is 2.61. The second-order valence-corrected chi connectivity index (χ2v) is 15.2. The number of nitrogens with two attached hydrogens (primary N) is 1. The molecule has 1 saturated carbocycles. The largest absolute Gasteiger partial charge is 0.444 e. The number of hydrogen-bond acceptors (Lipinski definition) is 9. The zero-order valence-corrected chi connectivity index (χ0v) is 28.2. The molecule has 16 heteroatoms. The van der Waals surface area contributed by atoms with Crippen molar-refractivity contribution in [2.24, 2.45) is 11.1 Å². The zero-order chi connectivity index (χ0) is 34.9. The lowest BCUT2D eigenvalue weighted by atomic mass is 10.0. The molecule has 1 saturated heterocycles. The fourth-order valence-corrected chi connectivity index (χ4v) is 6.96. The second-order valence-electron chi connectivity index (χ2n) is 13.9. The lowest BCUT2D eigenvalue weighted by molar-refractivity contribution is -0.141. The van der Waals surface area contributed by atoms with Crippen LogP contribution in [0.4, 0.5) is 9.59 Å². The fraction of sp³-hybridized carbons (Fsp3) is 0.594. The van der Waals surface area contributed by atoms with Crippen LogP contribution >= 0.6 is 0 Å². The number of hydrogen-bond donors (Lipinski definition) is 4. The molecule has 3 heterocycles. The molecule has 0 unspecified atom stereocenters. The first kappa shape index (κ1) is 35.1. The standard InChI is InChI=1S/C32H44N6O9S/c1-31(2,3)47-29(42)34-24-14-8-6-4-5-7-13-22-16-32(22,28(41)36-48(33,44)45)35-26(39)25-15-23(19-38(25)27(24)40)46-30(43)37-17-20-11-9-10-12-21(20)18-37/h7,9-13,22-25H,4-6,8,14-19H2,1-3H3,(H,34,42)(H,35,39)(H,36,41)(H2,33,44,45)/b13-7+/t22-,23-,24+,25+,32-/m1/s1. The van der Waals surface area contributed by atoms with E-state index in [1.807, 2.05) is 30.3 Å². The first-order valence-corrected chi connectivity index (χ1v) is 17.8. The first-order valence-electron chi connectivity index (χ1n) is 16.2. The van der Waals surface area contributed by atoms with Gasteiger partial charge in [-0.3, -0.25) is 19.3 Å². The third kappa shape index (κ3) is 8.45. The average Bonchev–Trinajstić information content (AvgIpc) is 3.30.